The molecule has 0 aromatic heterocycles. The van der Waals surface area contributed by atoms with Crippen molar-refractivity contribution in [1.82, 2.24) is 0 Å². The highest BCUT2D eigenvalue weighted by Gasteiger charge is 2.26. The van der Waals surface area contributed by atoms with E-state index in [1.165, 1.54) is 205 Å². The van der Waals surface area contributed by atoms with Crippen LogP contribution in [-0.4, -0.2) is 49.3 Å². The molecule has 0 rings (SSSR count). The van der Waals surface area contributed by atoms with Crippen molar-refractivity contribution in [3.8, 4) is 0 Å². The third-order valence-corrected chi connectivity index (χ3v) is 12.5. The Labute approximate surface area is 365 Å². The Morgan fingerprint density at radius 1 is 0.441 bits per heavy atom. The molecule has 59 heavy (non-hydrogen) atoms. The molecule has 0 heterocycles. The smallest absolute Gasteiger partial charge is 0.462 e. The fourth-order valence-corrected chi connectivity index (χ4v) is 8.46. The summed E-state index contributed by atoms with van der Waals surface area (Å²) in [5, 5.41) is 0. The largest absolute Gasteiger partial charge is 0.472 e. The first-order chi connectivity index (χ1) is 28.8. The van der Waals surface area contributed by atoms with Crippen molar-refractivity contribution >= 4 is 19.8 Å². The number of nitrogens with two attached hydrogens (primary N) is 1. The first kappa shape index (κ1) is 58.0. The van der Waals surface area contributed by atoms with Gasteiger partial charge in [-0.15, -0.1) is 0 Å². The second-order valence-corrected chi connectivity index (χ2v) is 18.9. The van der Waals surface area contributed by atoms with Crippen LogP contribution in [-0.2, 0) is 32.7 Å². The average molecular weight is 860 g/mol. The molecule has 0 spiro atoms. The molecule has 0 saturated heterocycles. The molecule has 0 amide bonds. The molecule has 10 heteroatoms. The van der Waals surface area contributed by atoms with Crippen molar-refractivity contribution in [2.24, 2.45) is 5.73 Å². The van der Waals surface area contributed by atoms with Crippen LogP contribution in [0.1, 0.15) is 271 Å². The summed E-state index contributed by atoms with van der Waals surface area (Å²) < 4.78 is 32.8. The Morgan fingerprint density at radius 2 is 0.729 bits per heavy atom. The summed E-state index contributed by atoms with van der Waals surface area (Å²) >= 11 is 0. The van der Waals surface area contributed by atoms with E-state index < -0.39 is 26.5 Å². The molecule has 0 aromatic rings. The minimum Gasteiger partial charge on any atom is -0.462 e. The molecule has 2 unspecified atom stereocenters. The Kier molecular flexibility index (Phi) is 45.7. The van der Waals surface area contributed by atoms with Crippen LogP contribution in [0.5, 0.6) is 0 Å². The second kappa shape index (κ2) is 46.5. The third-order valence-electron chi connectivity index (χ3n) is 11.5. The lowest BCUT2D eigenvalue weighted by Gasteiger charge is -2.19. The summed E-state index contributed by atoms with van der Waals surface area (Å²) in [6.07, 6.45) is 48.9. The van der Waals surface area contributed by atoms with Crippen LogP contribution in [0.2, 0.25) is 0 Å². The number of hydrogen-bond donors (Lipinski definition) is 2. The van der Waals surface area contributed by atoms with E-state index in [2.05, 4.69) is 13.8 Å². The Morgan fingerprint density at radius 3 is 1.03 bits per heavy atom. The molecule has 0 radical (unpaired) electrons. The summed E-state index contributed by atoms with van der Waals surface area (Å²) in [6.45, 7) is 3.76. The fourth-order valence-electron chi connectivity index (χ4n) is 7.70. The molecule has 9 nitrogen and oxygen atoms in total. The number of ether oxygens (including phenoxy) is 2. The predicted octanol–water partition coefficient (Wildman–Crippen LogP) is 15.2. The van der Waals surface area contributed by atoms with Crippen molar-refractivity contribution in [1.29, 1.82) is 0 Å². The van der Waals surface area contributed by atoms with E-state index in [0.29, 0.717) is 6.42 Å². The fraction of sp³-hybridized carbons (Fsp3) is 0.959. The highest BCUT2D eigenvalue weighted by atomic mass is 31.2. The molecule has 0 bridgehead atoms. The Bertz CT molecular complexity index is 938. The standard InChI is InChI=1S/C49H98NO8P/c1-3-5-7-9-11-13-14-15-16-17-18-19-20-21-22-23-24-25-26-27-28-29-30-31-32-34-36-38-40-42-49(52)58-47(46-57-59(53,54)56-44-43-50)45-55-48(51)41-39-37-35-33-12-10-8-6-4-2/h47H,3-46,50H2,1-2H3,(H,53,54). The van der Waals surface area contributed by atoms with Gasteiger partial charge < -0.3 is 20.1 Å². The second-order valence-electron chi connectivity index (χ2n) is 17.4. The summed E-state index contributed by atoms with van der Waals surface area (Å²) in [4.78, 5) is 34.8. The van der Waals surface area contributed by atoms with Crippen LogP contribution in [0.3, 0.4) is 0 Å². The van der Waals surface area contributed by atoms with Gasteiger partial charge in [0.2, 0.25) is 0 Å². The number of esters is 2. The molecule has 0 fully saturated rings. The molecule has 352 valence electrons. The van der Waals surface area contributed by atoms with E-state index >= 15 is 0 Å². The van der Waals surface area contributed by atoms with Crippen LogP contribution in [0.4, 0.5) is 0 Å². The topological polar surface area (TPSA) is 134 Å². The molecule has 0 saturated carbocycles. The monoisotopic (exact) mass is 860 g/mol. The van der Waals surface area contributed by atoms with Gasteiger partial charge in [0.15, 0.2) is 6.10 Å². The highest BCUT2D eigenvalue weighted by molar-refractivity contribution is 7.47. The SMILES string of the molecule is CCCCCCCCCCCCCCCCCCCCCCCCCCCCCCCC(=O)OC(COC(=O)CCCCCCCCCCC)COP(=O)(O)OCCN. The van der Waals surface area contributed by atoms with Crippen LogP contribution in [0.15, 0.2) is 0 Å². The van der Waals surface area contributed by atoms with Gasteiger partial charge in [-0.1, -0.05) is 245 Å². The van der Waals surface area contributed by atoms with Crippen molar-refractivity contribution in [3.63, 3.8) is 0 Å². The summed E-state index contributed by atoms with van der Waals surface area (Å²) in [5.74, 6) is -0.814. The molecule has 3 N–H and O–H groups in total. The first-order valence-electron chi connectivity index (χ1n) is 25.5. The predicted molar refractivity (Wildman–Crippen MR) is 248 cm³/mol. The minimum atomic E-state index is -4.37. The molecular formula is C49H98NO8P. The quantitative estimate of drug-likeness (QED) is 0.0348. The first-order valence-corrected chi connectivity index (χ1v) is 27.0. The Hall–Kier alpha value is -0.990. The minimum absolute atomic E-state index is 0.0580. The van der Waals surface area contributed by atoms with Gasteiger partial charge in [-0.25, -0.2) is 4.57 Å². The van der Waals surface area contributed by atoms with Gasteiger partial charge in [-0.3, -0.25) is 18.6 Å². The van der Waals surface area contributed by atoms with E-state index in [1.807, 2.05) is 0 Å². The maximum Gasteiger partial charge on any atom is 0.472 e. The highest BCUT2D eigenvalue weighted by Crippen LogP contribution is 2.43. The molecular weight excluding hydrogens is 762 g/mol. The maximum absolute atomic E-state index is 12.6. The molecule has 0 aliphatic rings. The van der Waals surface area contributed by atoms with Crippen molar-refractivity contribution in [2.45, 2.75) is 277 Å². The zero-order valence-corrected chi connectivity index (χ0v) is 39.9. The van der Waals surface area contributed by atoms with Gasteiger partial charge in [-0.2, -0.15) is 0 Å². The van der Waals surface area contributed by atoms with E-state index in [4.69, 9.17) is 24.3 Å². The summed E-state index contributed by atoms with van der Waals surface area (Å²) in [7, 11) is -4.37. The number of unbranched alkanes of at least 4 members (excludes halogenated alkanes) is 36. The van der Waals surface area contributed by atoms with E-state index in [1.54, 1.807) is 0 Å². The maximum atomic E-state index is 12.6. The number of carbonyl (C=O) groups excluding carboxylic acids is 2. The van der Waals surface area contributed by atoms with Crippen LogP contribution >= 0.6 is 7.82 Å². The van der Waals surface area contributed by atoms with Gasteiger partial charge in [-0.05, 0) is 12.8 Å². The van der Waals surface area contributed by atoms with Crippen LogP contribution < -0.4 is 5.73 Å². The number of rotatable bonds is 49. The van der Waals surface area contributed by atoms with Gasteiger partial charge in [0.1, 0.15) is 6.61 Å². The normalized spacial score (nSPS) is 13.1. The van der Waals surface area contributed by atoms with Crippen molar-refractivity contribution < 1.29 is 37.6 Å². The van der Waals surface area contributed by atoms with Gasteiger partial charge in [0, 0.05) is 19.4 Å². The van der Waals surface area contributed by atoms with Crippen LogP contribution in [0, 0.1) is 0 Å². The van der Waals surface area contributed by atoms with Crippen LogP contribution in [0.25, 0.3) is 0 Å². The zero-order chi connectivity index (χ0) is 43.2. The lowest BCUT2D eigenvalue weighted by molar-refractivity contribution is -0.161. The lowest BCUT2D eigenvalue weighted by atomic mass is 10.0. The van der Waals surface area contributed by atoms with Gasteiger partial charge in [0.25, 0.3) is 0 Å². The lowest BCUT2D eigenvalue weighted by Crippen LogP contribution is -2.29. The number of phosphoric ester groups is 1. The van der Waals surface area contributed by atoms with E-state index in [0.717, 1.165) is 32.1 Å². The average Bonchev–Trinajstić information content (AvgIpc) is 3.22. The van der Waals surface area contributed by atoms with Crippen molar-refractivity contribution in [2.75, 3.05) is 26.4 Å². The number of phosphoric acid groups is 1. The van der Waals surface area contributed by atoms with E-state index in [9.17, 15) is 19.0 Å². The molecule has 2 atom stereocenters. The third kappa shape index (κ3) is 46.3. The number of hydrogen-bond acceptors (Lipinski definition) is 8. The van der Waals surface area contributed by atoms with Gasteiger partial charge in [0.05, 0.1) is 13.2 Å². The molecule has 0 aromatic carbocycles. The summed E-state index contributed by atoms with van der Waals surface area (Å²) in [5.41, 5.74) is 5.35. The zero-order valence-electron chi connectivity index (χ0n) is 39.0. The molecule has 0 aliphatic carbocycles. The Balaban J connectivity index is 3.80. The number of carbonyl (C=O) groups is 2. The van der Waals surface area contributed by atoms with Crippen molar-refractivity contribution in [3.05, 3.63) is 0 Å². The van der Waals surface area contributed by atoms with Gasteiger partial charge >= 0.3 is 19.8 Å². The summed E-state index contributed by atoms with van der Waals surface area (Å²) in [6, 6.07) is 0. The molecule has 0 aliphatic heterocycles. The van der Waals surface area contributed by atoms with E-state index in [-0.39, 0.29) is 38.6 Å².